The number of hydrogen-bond donors (Lipinski definition) is 1. The van der Waals surface area contributed by atoms with E-state index in [1.165, 1.54) is 21.0 Å². The quantitative estimate of drug-likeness (QED) is 0.917. The highest BCUT2D eigenvalue weighted by molar-refractivity contribution is 7.90. The minimum Gasteiger partial charge on any atom is -0.495 e. The van der Waals surface area contributed by atoms with Crippen molar-refractivity contribution in [3.05, 3.63) is 27.8 Å². The molecular weight excluding hydrogens is 304 g/mol. The fourth-order valence-corrected chi connectivity index (χ4v) is 3.81. The smallest absolute Gasteiger partial charge is 0.278 e. The number of aryl methyl sites for hydroxylation is 2. The van der Waals surface area contributed by atoms with Crippen LogP contribution in [0.2, 0.25) is 0 Å². The summed E-state index contributed by atoms with van der Waals surface area (Å²) in [4.78, 5) is 12.1. The summed E-state index contributed by atoms with van der Waals surface area (Å²) in [6.07, 6.45) is 0. The van der Waals surface area contributed by atoms with Crippen molar-refractivity contribution in [1.29, 1.82) is 0 Å². The topological polar surface area (TPSA) is 98.5 Å². The monoisotopic (exact) mass is 316 g/mol. The van der Waals surface area contributed by atoms with Gasteiger partial charge >= 0.3 is 0 Å². The molecule has 9 heteroatoms. The summed E-state index contributed by atoms with van der Waals surface area (Å²) in [6.45, 7) is 2.95. The maximum atomic E-state index is 12.2. The normalized spacial score (nSPS) is 11.3. The van der Waals surface area contributed by atoms with E-state index in [4.69, 9.17) is 9.26 Å². The van der Waals surface area contributed by atoms with Crippen LogP contribution in [0.3, 0.4) is 0 Å². The van der Waals surface area contributed by atoms with E-state index < -0.39 is 15.9 Å². The molecule has 0 aliphatic carbocycles. The molecule has 20 heavy (non-hydrogen) atoms. The first-order chi connectivity index (χ1) is 9.36. The van der Waals surface area contributed by atoms with Gasteiger partial charge in [0.1, 0.15) is 16.3 Å². The van der Waals surface area contributed by atoms with Gasteiger partial charge in [0.2, 0.25) is 0 Å². The Morgan fingerprint density at radius 1 is 1.45 bits per heavy atom. The van der Waals surface area contributed by atoms with E-state index in [-0.39, 0.29) is 21.2 Å². The van der Waals surface area contributed by atoms with E-state index >= 15 is 0 Å². The fourth-order valence-electron chi connectivity index (χ4n) is 1.70. The molecule has 0 aliphatic heterocycles. The summed E-state index contributed by atoms with van der Waals surface area (Å²) in [5.41, 5.74) is 0.195. The Bertz CT molecular complexity index is 725. The summed E-state index contributed by atoms with van der Waals surface area (Å²) in [7, 11) is -2.63. The Morgan fingerprint density at radius 3 is 2.70 bits per heavy atom. The van der Waals surface area contributed by atoms with Gasteiger partial charge in [-0.3, -0.25) is 4.79 Å². The Kier molecular flexibility index (Phi) is 3.82. The molecule has 0 spiro atoms. The van der Waals surface area contributed by atoms with Crippen LogP contribution in [-0.4, -0.2) is 26.6 Å². The van der Waals surface area contributed by atoms with E-state index in [0.29, 0.717) is 5.75 Å². The Hall–Kier alpha value is -1.87. The first-order valence-electron chi connectivity index (χ1n) is 5.48. The number of hydrogen-bond acceptors (Lipinski definition) is 7. The first kappa shape index (κ1) is 14.5. The number of methoxy groups -OCH3 is 1. The Balaban J connectivity index is 2.32. The number of amides is 1. The van der Waals surface area contributed by atoms with Crippen LogP contribution in [0.15, 0.2) is 20.9 Å². The predicted molar refractivity (Wildman–Crippen MR) is 71.5 cm³/mol. The van der Waals surface area contributed by atoms with E-state index in [1.807, 2.05) is 4.72 Å². The molecule has 0 aromatic carbocycles. The summed E-state index contributed by atoms with van der Waals surface area (Å²) in [5, 5.41) is 5.19. The zero-order valence-electron chi connectivity index (χ0n) is 11.0. The van der Waals surface area contributed by atoms with Crippen LogP contribution in [0, 0.1) is 13.8 Å². The van der Waals surface area contributed by atoms with Crippen LogP contribution in [0.4, 0.5) is 0 Å². The molecule has 0 atom stereocenters. The molecule has 0 fully saturated rings. The van der Waals surface area contributed by atoms with E-state index in [0.717, 1.165) is 11.3 Å². The van der Waals surface area contributed by atoms with Gasteiger partial charge in [0.05, 0.1) is 7.11 Å². The molecule has 0 saturated carbocycles. The summed E-state index contributed by atoms with van der Waals surface area (Å²) < 4.78 is 36.1. The third kappa shape index (κ3) is 2.54. The van der Waals surface area contributed by atoms with E-state index in [9.17, 15) is 13.2 Å². The molecule has 2 aromatic heterocycles. The van der Waals surface area contributed by atoms with Crippen molar-refractivity contribution in [3.8, 4) is 5.75 Å². The molecule has 108 valence electrons. The molecular formula is C11H12N2O5S2. The molecule has 2 aromatic rings. The van der Waals surface area contributed by atoms with Gasteiger partial charge in [-0.2, -0.15) is 0 Å². The lowest BCUT2D eigenvalue weighted by molar-refractivity contribution is 0.0982. The Labute approximate surface area is 119 Å². The number of nitrogens with one attached hydrogen (secondary N) is 1. The molecule has 2 heterocycles. The van der Waals surface area contributed by atoms with Gasteiger partial charge in [-0.05, 0) is 25.3 Å². The van der Waals surface area contributed by atoms with Crippen molar-refractivity contribution in [2.24, 2.45) is 0 Å². The number of rotatable bonds is 4. The predicted octanol–water partition coefficient (Wildman–Crippen LogP) is 1.48. The average Bonchev–Trinajstić information content (AvgIpc) is 2.95. The van der Waals surface area contributed by atoms with Crippen molar-refractivity contribution in [2.75, 3.05) is 7.11 Å². The number of nitrogens with zero attached hydrogens (tertiary/aromatic N) is 1. The number of carbonyl (C=O) groups excluding carboxylic acids is 1. The van der Waals surface area contributed by atoms with Crippen molar-refractivity contribution in [2.45, 2.75) is 18.7 Å². The lowest BCUT2D eigenvalue weighted by Gasteiger charge is -2.06. The second-order valence-corrected chi connectivity index (χ2v) is 6.44. The molecule has 0 bridgehead atoms. The number of sulfonamides is 1. The number of carbonyl (C=O) groups is 1. The molecule has 0 radical (unpaired) electrons. The van der Waals surface area contributed by atoms with Gasteiger partial charge < -0.3 is 9.26 Å². The number of aromatic nitrogens is 1. The third-order valence-electron chi connectivity index (χ3n) is 2.52. The van der Waals surface area contributed by atoms with E-state index in [1.54, 1.807) is 11.4 Å². The highest BCUT2D eigenvalue weighted by Gasteiger charge is 2.28. The lowest BCUT2D eigenvalue weighted by atomic mass is 10.4. The maximum absolute atomic E-state index is 12.2. The minimum absolute atomic E-state index is 0.124. The molecule has 0 unspecified atom stereocenters. The molecule has 7 nitrogen and oxygen atoms in total. The summed E-state index contributed by atoms with van der Waals surface area (Å²) in [5.74, 6) is -0.306. The highest BCUT2D eigenvalue weighted by Crippen LogP contribution is 2.25. The number of ether oxygens (including phenoxy) is 1. The van der Waals surface area contributed by atoms with Gasteiger partial charge in [0.25, 0.3) is 15.9 Å². The van der Waals surface area contributed by atoms with Crippen LogP contribution >= 0.6 is 11.3 Å². The van der Waals surface area contributed by atoms with Gasteiger partial charge in [0.15, 0.2) is 10.7 Å². The molecule has 1 amide bonds. The fraction of sp³-hybridized carbons (Fsp3) is 0.273. The lowest BCUT2D eigenvalue weighted by Crippen LogP contribution is -2.30. The first-order valence-corrected chi connectivity index (χ1v) is 7.84. The van der Waals surface area contributed by atoms with Crippen LogP contribution < -0.4 is 9.46 Å². The number of thiophene rings is 1. The van der Waals surface area contributed by atoms with Crippen LogP contribution in [-0.2, 0) is 10.0 Å². The van der Waals surface area contributed by atoms with Crippen molar-refractivity contribution in [1.82, 2.24) is 9.88 Å². The van der Waals surface area contributed by atoms with Gasteiger partial charge in [-0.15, -0.1) is 11.3 Å². The molecule has 1 N–H and O–H groups in total. The SMILES string of the molecule is COc1ccsc1C(=O)NS(=O)(=O)c1c(C)noc1C. The van der Waals surface area contributed by atoms with Crippen molar-refractivity contribution >= 4 is 27.3 Å². The average molecular weight is 316 g/mol. The standard InChI is InChI=1S/C11H12N2O5S2/c1-6-10(7(2)18-12-6)20(15,16)13-11(14)9-8(17-3)4-5-19-9/h4-5H,1-3H3,(H,13,14). The zero-order valence-corrected chi connectivity index (χ0v) is 12.6. The minimum atomic E-state index is -4.03. The summed E-state index contributed by atoms with van der Waals surface area (Å²) >= 11 is 1.09. The third-order valence-corrected chi connectivity index (χ3v) is 4.99. The maximum Gasteiger partial charge on any atom is 0.278 e. The van der Waals surface area contributed by atoms with Crippen molar-refractivity contribution < 1.29 is 22.5 Å². The molecule has 0 saturated heterocycles. The Morgan fingerprint density at radius 2 is 2.15 bits per heavy atom. The zero-order chi connectivity index (χ0) is 14.9. The van der Waals surface area contributed by atoms with Gasteiger partial charge in [-0.25, -0.2) is 13.1 Å². The van der Waals surface area contributed by atoms with Crippen molar-refractivity contribution in [3.63, 3.8) is 0 Å². The van der Waals surface area contributed by atoms with Gasteiger partial charge in [0, 0.05) is 0 Å². The second-order valence-electron chi connectivity index (χ2n) is 3.91. The molecule has 2 rings (SSSR count). The highest BCUT2D eigenvalue weighted by atomic mass is 32.2. The van der Waals surface area contributed by atoms with E-state index in [2.05, 4.69) is 5.16 Å². The largest absolute Gasteiger partial charge is 0.495 e. The molecule has 0 aliphatic rings. The second kappa shape index (κ2) is 5.25. The van der Waals surface area contributed by atoms with Crippen LogP contribution in [0.1, 0.15) is 21.1 Å². The summed E-state index contributed by atoms with van der Waals surface area (Å²) in [6, 6.07) is 1.59. The van der Waals surface area contributed by atoms with Crippen LogP contribution in [0.5, 0.6) is 5.75 Å². The van der Waals surface area contributed by atoms with Crippen LogP contribution in [0.25, 0.3) is 0 Å². The van der Waals surface area contributed by atoms with Gasteiger partial charge in [-0.1, -0.05) is 5.16 Å².